The second kappa shape index (κ2) is 6.69. The molecular weight excluding hydrogens is 284 g/mol. The lowest BCUT2D eigenvalue weighted by Crippen LogP contribution is -1.97. The highest BCUT2D eigenvalue weighted by Crippen LogP contribution is 2.35. The third-order valence-electron chi connectivity index (χ3n) is 4.01. The Hall–Kier alpha value is -2.55. The van der Waals surface area contributed by atoms with Crippen LogP contribution in [0.4, 0.5) is 0 Å². The molecule has 23 heavy (non-hydrogen) atoms. The molecule has 0 saturated carbocycles. The number of aromatic nitrogens is 2. The topological polar surface area (TPSA) is 38.0 Å². The van der Waals surface area contributed by atoms with Gasteiger partial charge in [-0.2, -0.15) is 5.10 Å². The summed E-state index contributed by atoms with van der Waals surface area (Å²) in [6.07, 6.45) is 3.03. The SMILES string of the molecule is CCCCc1nn(-c2cccc(C)c2)c(O)c1-c1ccccc1. The molecule has 3 rings (SSSR count). The number of aryl methyl sites for hydroxylation is 2. The number of hydrogen-bond donors (Lipinski definition) is 1. The smallest absolute Gasteiger partial charge is 0.222 e. The fraction of sp³-hybridized carbons (Fsp3) is 0.250. The molecule has 0 saturated heterocycles. The molecule has 3 heteroatoms. The predicted octanol–water partition coefficient (Wildman–Crippen LogP) is 4.90. The quantitative estimate of drug-likeness (QED) is 0.728. The third-order valence-corrected chi connectivity index (χ3v) is 4.01. The van der Waals surface area contributed by atoms with Gasteiger partial charge in [0.15, 0.2) is 0 Å². The van der Waals surface area contributed by atoms with Crippen LogP contribution < -0.4 is 0 Å². The van der Waals surface area contributed by atoms with Gasteiger partial charge in [0.25, 0.3) is 0 Å². The number of aromatic hydroxyl groups is 1. The average molecular weight is 306 g/mol. The van der Waals surface area contributed by atoms with Gasteiger partial charge in [-0.15, -0.1) is 0 Å². The minimum Gasteiger partial charge on any atom is -0.493 e. The molecule has 0 aliphatic carbocycles. The fourth-order valence-corrected chi connectivity index (χ4v) is 2.81. The Morgan fingerprint density at radius 1 is 1.04 bits per heavy atom. The van der Waals surface area contributed by atoms with E-state index in [2.05, 4.69) is 6.92 Å². The molecule has 0 atom stereocenters. The van der Waals surface area contributed by atoms with Crippen LogP contribution in [0.2, 0.25) is 0 Å². The van der Waals surface area contributed by atoms with Crippen molar-refractivity contribution in [3.63, 3.8) is 0 Å². The lowest BCUT2D eigenvalue weighted by Gasteiger charge is -2.05. The second-order valence-corrected chi connectivity index (χ2v) is 5.87. The molecule has 0 unspecified atom stereocenters. The van der Waals surface area contributed by atoms with Crippen LogP contribution in [0.3, 0.4) is 0 Å². The number of benzene rings is 2. The van der Waals surface area contributed by atoms with Crippen LogP contribution in [-0.2, 0) is 6.42 Å². The molecule has 1 heterocycles. The maximum Gasteiger partial charge on any atom is 0.222 e. The molecule has 0 fully saturated rings. The number of rotatable bonds is 5. The molecule has 0 aliphatic rings. The van der Waals surface area contributed by atoms with Gasteiger partial charge in [-0.25, -0.2) is 4.68 Å². The van der Waals surface area contributed by atoms with Crippen LogP contribution >= 0.6 is 0 Å². The maximum absolute atomic E-state index is 10.8. The molecular formula is C20H22N2O. The van der Waals surface area contributed by atoms with E-state index < -0.39 is 0 Å². The van der Waals surface area contributed by atoms with Gasteiger partial charge in [0.1, 0.15) is 0 Å². The highest BCUT2D eigenvalue weighted by molar-refractivity contribution is 5.72. The molecule has 0 bridgehead atoms. The first kappa shape index (κ1) is 15.3. The van der Waals surface area contributed by atoms with E-state index in [1.807, 2.05) is 61.5 Å². The van der Waals surface area contributed by atoms with E-state index in [0.717, 1.165) is 47.3 Å². The summed E-state index contributed by atoms with van der Waals surface area (Å²) in [4.78, 5) is 0. The summed E-state index contributed by atoms with van der Waals surface area (Å²) in [6.45, 7) is 4.21. The van der Waals surface area contributed by atoms with Crippen molar-refractivity contribution in [2.75, 3.05) is 0 Å². The van der Waals surface area contributed by atoms with Crippen molar-refractivity contribution in [2.24, 2.45) is 0 Å². The predicted molar refractivity (Wildman–Crippen MR) is 94.0 cm³/mol. The van der Waals surface area contributed by atoms with Crippen LogP contribution in [0.15, 0.2) is 54.6 Å². The lowest BCUT2D eigenvalue weighted by atomic mass is 10.0. The maximum atomic E-state index is 10.8. The summed E-state index contributed by atoms with van der Waals surface area (Å²) < 4.78 is 1.65. The summed E-state index contributed by atoms with van der Waals surface area (Å²) in [5.41, 5.74) is 4.85. The summed E-state index contributed by atoms with van der Waals surface area (Å²) in [6, 6.07) is 18.0. The molecule has 0 radical (unpaired) electrons. The van der Waals surface area contributed by atoms with Crippen LogP contribution in [0.1, 0.15) is 31.0 Å². The summed E-state index contributed by atoms with van der Waals surface area (Å²) >= 11 is 0. The van der Waals surface area contributed by atoms with Crippen molar-refractivity contribution in [3.8, 4) is 22.7 Å². The summed E-state index contributed by atoms with van der Waals surface area (Å²) in [5.74, 6) is 0.216. The minimum absolute atomic E-state index is 0.216. The number of nitrogens with zero attached hydrogens (tertiary/aromatic N) is 2. The third kappa shape index (κ3) is 3.14. The molecule has 3 nitrogen and oxygen atoms in total. The molecule has 118 valence electrons. The van der Waals surface area contributed by atoms with Crippen LogP contribution in [0, 0.1) is 6.92 Å². The molecule has 2 aromatic carbocycles. The fourth-order valence-electron chi connectivity index (χ4n) is 2.81. The first-order valence-corrected chi connectivity index (χ1v) is 8.14. The Bertz CT molecular complexity index is 791. The average Bonchev–Trinajstić information content (AvgIpc) is 2.90. The molecule has 0 aliphatic heterocycles. The van der Waals surface area contributed by atoms with Gasteiger partial charge in [0.05, 0.1) is 16.9 Å². The van der Waals surface area contributed by atoms with Crippen LogP contribution in [-0.4, -0.2) is 14.9 Å². The van der Waals surface area contributed by atoms with Crippen molar-refractivity contribution >= 4 is 0 Å². The molecule has 0 amide bonds. The summed E-state index contributed by atoms with van der Waals surface area (Å²) in [5, 5.41) is 15.5. The minimum atomic E-state index is 0.216. The first-order chi connectivity index (χ1) is 11.2. The molecule has 0 spiro atoms. The van der Waals surface area contributed by atoms with Crippen molar-refractivity contribution in [2.45, 2.75) is 33.1 Å². The number of unbranched alkanes of at least 4 members (excludes halogenated alkanes) is 1. The standard InChI is InChI=1S/C20H22N2O/c1-3-4-13-18-19(16-10-6-5-7-11-16)20(23)22(21-18)17-12-8-9-15(2)14-17/h5-12,14,23H,3-4,13H2,1-2H3. The van der Waals surface area contributed by atoms with Crippen molar-refractivity contribution < 1.29 is 5.11 Å². The van der Waals surface area contributed by atoms with Crippen molar-refractivity contribution in [1.82, 2.24) is 9.78 Å². The van der Waals surface area contributed by atoms with Gasteiger partial charge in [-0.05, 0) is 43.0 Å². The molecule has 3 aromatic rings. The van der Waals surface area contributed by atoms with Crippen molar-refractivity contribution in [1.29, 1.82) is 0 Å². The lowest BCUT2D eigenvalue weighted by molar-refractivity contribution is 0.435. The van der Waals surface area contributed by atoms with E-state index in [1.165, 1.54) is 0 Å². The monoisotopic (exact) mass is 306 g/mol. The zero-order valence-corrected chi connectivity index (χ0v) is 13.7. The van der Waals surface area contributed by atoms with E-state index in [4.69, 9.17) is 5.10 Å². The first-order valence-electron chi connectivity index (χ1n) is 8.14. The highest BCUT2D eigenvalue weighted by Gasteiger charge is 2.19. The van der Waals surface area contributed by atoms with Crippen LogP contribution in [0.25, 0.3) is 16.8 Å². The number of hydrogen-bond acceptors (Lipinski definition) is 2. The van der Waals surface area contributed by atoms with Gasteiger partial charge >= 0.3 is 0 Å². The van der Waals surface area contributed by atoms with E-state index >= 15 is 0 Å². The second-order valence-electron chi connectivity index (χ2n) is 5.87. The Balaban J connectivity index is 2.14. The highest BCUT2D eigenvalue weighted by atomic mass is 16.3. The van der Waals surface area contributed by atoms with E-state index in [9.17, 15) is 5.11 Å². The Morgan fingerprint density at radius 2 is 1.83 bits per heavy atom. The van der Waals surface area contributed by atoms with Crippen LogP contribution in [0.5, 0.6) is 5.88 Å². The van der Waals surface area contributed by atoms with E-state index in [1.54, 1.807) is 4.68 Å². The van der Waals surface area contributed by atoms with Gasteiger partial charge in [-0.1, -0.05) is 55.8 Å². The Kier molecular flexibility index (Phi) is 4.47. The van der Waals surface area contributed by atoms with Crippen molar-refractivity contribution in [3.05, 3.63) is 65.9 Å². The Labute approximate surface area is 137 Å². The zero-order chi connectivity index (χ0) is 16.2. The van der Waals surface area contributed by atoms with Gasteiger partial charge in [0, 0.05) is 0 Å². The normalized spacial score (nSPS) is 10.9. The summed E-state index contributed by atoms with van der Waals surface area (Å²) in [7, 11) is 0. The molecule has 1 N–H and O–H groups in total. The van der Waals surface area contributed by atoms with E-state index in [-0.39, 0.29) is 5.88 Å². The van der Waals surface area contributed by atoms with E-state index in [0.29, 0.717) is 0 Å². The zero-order valence-electron chi connectivity index (χ0n) is 13.7. The molecule has 1 aromatic heterocycles. The Morgan fingerprint density at radius 3 is 2.52 bits per heavy atom. The van der Waals surface area contributed by atoms with Gasteiger partial charge in [-0.3, -0.25) is 0 Å². The largest absolute Gasteiger partial charge is 0.493 e. The van der Waals surface area contributed by atoms with Gasteiger partial charge in [0.2, 0.25) is 5.88 Å². The van der Waals surface area contributed by atoms with Gasteiger partial charge < -0.3 is 5.11 Å².